The van der Waals surface area contributed by atoms with E-state index in [1.807, 2.05) is 6.07 Å². The van der Waals surface area contributed by atoms with Gasteiger partial charge in [-0.1, -0.05) is 11.6 Å². The van der Waals surface area contributed by atoms with Crippen LogP contribution in [0, 0.1) is 24.1 Å². The minimum Gasteiger partial charge on any atom is -0.235 e. The fourth-order valence-corrected chi connectivity index (χ4v) is 1.82. The van der Waals surface area contributed by atoms with Crippen LogP contribution < -0.4 is 0 Å². The van der Waals surface area contributed by atoms with Crippen LogP contribution in [-0.2, 0) is 0 Å². The third kappa shape index (κ3) is 2.27. The molecule has 0 aliphatic heterocycles. The molecule has 84 valence electrons. The second kappa shape index (κ2) is 4.52. The van der Waals surface area contributed by atoms with Crippen molar-refractivity contribution in [3.63, 3.8) is 0 Å². The van der Waals surface area contributed by atoms with Gasteiger partial charge in [0.15, 0.2) is 0 Å². The molecule has 0 saturated carbocycles. The van der Waals surface area contributed by atoms with E-state index in [1.54, 1.807) is 25.1 Å². The Hall–Kier alpha value is -1.92. The Morgan fingerprint density at radius 2 is 1.94 bits per heavy atom. The van der Waals surface area contributed by atoms with Crippen molar-refractivity contribution in [1.82, 2.24) is 4.98 Å². The summed E-state index contributed by atoms with van der Waals surface area (Å²) in [5.41, 5.74) is 2.52. The van der Waals surface area contributed by atoms with Crippen LogP contribution in [0.3, 0.4) is 0 Å². The molecule has 0 bridgehead atoms. The van der Waals surface area contributed by atoms with Crippen molar-refractivity contribution < 1.29 is 4.39 Å². The zero-order valence-corrected chi connectivity index (χ0v) is 9.79. The number of nitrogens with zero attached hydrogens (tertiary/aromatic N) is 2. The number of hydrogen-bond donors (Lipinski definition) is 0. The largest absolute Gasteiger partial charge is 0.235 e. The van der Waals surface area contributed by atoms with Gasteiger partial charge in [-0.25, -0.2) is 9.37 Å². The van der Waals surface area contributed by atoms with Crippen LogP contribution >= 0.6 is 11.6 Å². The molecule has 0 unspecified atom stereocenters. The van der Waals surface area contributed by atoms with Crippen molar-refractivity contribution in [2.45, 2.75) is 6.92 Å². The summed E-state index contributed by atoms with van der Waals surface area (Å²) >= 11 is 5.91. The summed E-state index contributed by atoms with van der Waals surface area (Å²) in [6, 6.07) is 9.73. The third-order valence-corrected chi connectivity index (χ3v) is 2.70. The maximum Gasteiger partial charge on any atom is 0.147 e. The van der Waals surface area contributed by atoms with Crippen molar-refractivity contribution in [1.29, 1.82) is 5.26 Å². The molecule has 0 saturated heterocycles. The lowest BCUT2D eigenvalue weighted by molar-refractivity contribution is 0.628. The molecule has 0 spiro atoms. The molecule has 2 aromatic rings. The van der Waals surface area contributed by atoms with Crippen LogP contribution in [0.25, 0.3) is 11.3 Å². The Morgan fingerprint density at radius 3 is 2.47 bits per heavy atom. The highest BCUT2D eigenvalue weighted by atomic mass is 35.5. The molecule has 1 heterocycles. The number of halogens is 2. The molecular weight excluding hydrogens is 239 g/mol. The highest BCUT2D eigenvalue weighted by Crippen LogP contribution is 2.24. The first-order valence-corrected chi connectivity index (χ1v) is 5.33. The van der Waals surface area contributed by atoms with Gasteiger partial charge in [-0.3, -0.25) is 0 Å². The molecule has 0 amide bonds. The van der Waals surface area contributed by atoms with E-state index in [2.05, 4.69) is 4.98 Å². The number of aryl methyl sites for hydroxylation is 1. The van der Waals surface area contributed by atoms with Crippen molar-refractivity contribution in [3.05, 3.63) is 52.4 Å². The molecule has 4 heteroatoms. The van der Waals surface area contributed by atoms with Crippen LogP contribution in [0.5, 0.6) is 0 Å². The Labute approximate surface area is 103 Å². The van der Waals surface area contributed by atoms with Crippen LogP contribution in [-0.4, -0.2) is 4.98 Å². The van der Waals surface area contributed by atoms with Crippen molar-refractivity contribution in [3.8, 4) is 17.3 Å². The van der Waals surface area contributed by atoms with E-state index in [0.717, 1.165) is 11.1 Å². The predicted molar refractivity (Wildman–Crippen MR) is 64.1 cm³/mol. The molecule has 2 nitrogen and oxygen atoms in total. The second-order valence-corrected chi connectivity index (χ2v) is 3.97. The SMILES string of the molecule is Cc1cc(-c2ccc(F)cc2)nc(Cl)c1C#N. The zero-order chi connectivity index (χ0) is 12.4. The lowest BCUT2D eigenvalue weighted by atomic mass is 10.1. The fourth-order valence-electron chi connectivity index (χ4n) is 1.54. The normalized spacial score (nSPS) is 10.0. The average molecular weight is 247 g/mol. The summed E-state index contributed by atoms with van der Waals surface area (Å²) in [5.74, 6) is -0.301. The Bertz CT molecular complexity index is 577. The lowest BCUT2D eigenvalue weighted by Gasteiger charge is -2.05. The van der Waals surface area contributed by atoms with Gasteiger partial charge in [-0.15, -0.1) is 0 Å². The highest BCUT2D eigenvalue weighted by molar-refractivity contribution is 6.30. The molecule has 0 aliphatic carbocycles. The summed E-state index contributed by atoms with van der Waals surface area (Å²) in [5, 5.41) is 9.05. The predicted octanol–water partition coefficient (Wildman–Crippen LogP) is 3.72. The first kappa shape index (κ1) is 11.6. The van der Waals surface area contributed by atoms with Crippen LogP contribution in [0.1, 0.15) is 11.1 Å². The van der Waals surface area contributed by atoms with Gasteiger partial charge in [0.05, 0.1) is 11.3 Å². The maximum absolute atomic E-state index is 12.8. The van der Waals surface area contributed by atoms with Gasteiger partial charge in [-0.05, 0) is 42.8 Å². The van der Waals surface area contributed by atoms with Gasteiger partial charge in [-0.2, -0.15) is 5.26 Å². The lowest BCUT2D eigenvalue weighted by Crippen LogP contribution is -1.92. The molecule has 17 heavy (non-hydrogen) atoms. The summed E-state index contributed by atoms with van der Waals surface area (Å²) in [4.78, 5) is 4.13. The van der Waals surface area contributed by atoms with Gasteiger partial charge in [0, 0.05) is 5.56 Å². The number of aromatic nitrogens is 1. The number of benzene rings is 1. The summed E-state index contributed by atoms with van der Waals surface area (Å²) in [6.07, 6.45) is 0. The number of pyridine rings is 1. The van der Waals surface area contributed by atoms with Crippen molar-refractivity contribution in [2.24, 2.45) is 0 Å². The average Bonchev–Trinajstić information content (AvgIpc) is 2.29. The molecule has 0 N–H and O–H groups in total. The Balaban J connectivity index is 2.55. The van der Waals surface area contributed by atoms with E-state index in [1.165, 1.54) is 12.1 Å². The highest BCUT2D eigenvalue weighted by Gasteiger charge is 2.09. The van der Waals surface area contributed by atoms with E-state index in [0.29, 0.717) is 11.3 Å². The van der Waals surface area contributed by atoms with Gasteiger partial charge in [0.25, 0.3) is 0 Å². The molecular formula is C13H8ClFN2. The maximum atomic E-state index is 12.8. The van der Waals surface area contributed by atoms with E-state index >= 15 is 0 Å². The molecule has 0 radical (unpaired) electrons. The first-order chi connectivity index (χ1) is 8.11. The summed E-state index contributed by atoms with van der Waals surface area (Å²) < 4.78 is 12.8. The molecule has 1 aromatic heterocycles. The van der Waals surface area contributed by atoms with Crippen LogP contribution in [0.15, 0.2) is 30.3 Å². The molecule has 0 atom stereocenters. The second-order valence-electron chi connectivity index (χ2n) is 3.61. The molecule has 1 aromatic carbocycles. The Morgan fingerprint density at radius 1 is 1.29 bits per heavy atom. The minimum absolute atomic E-state index is 0.173. The van der Waals surface area contributed by atoms with Gasteiger partial charge < -0.3 is 0 Å². The van der Waals surface area contributed by atoms with Gasteiger partial charge in [0.1, 0.15) is 17.0 Å². The number of nitriles is 1. The van der Waals surface area contributed by atoms with E-state index in [4.69, 9.17) is 16.9 Å². The summed E-state index contributed by atoms with van der Waals surface area (Å²) in [6.45, 7) is 1.79. The Kier molecular flexibility index (Phi) is 3.08. The van der Waals surface area contributed by atoms with Crippen LogP contribution in [0.2, 0.25) is 5.15 Å². The monoisotopic (exact) mass is 246 g/mol. The number of rotatable bonds is 1. The van der Waals surface area contributed by atoms with E-state index in [-0.39, 0.29) is 11.0 Å². The summed E-state index contributed by atoms with van der Waals surface area (Å²) in [7, 11) is 0. The van der Waals surface area contributed by atoms with Crippen LogP contribution in [0.4, 0.5) is 4.39 Å². The van der Waals surface area contributed by atoms with Crippen molar-refractivity contribution >= 4 is 11.6 Å². The molecule has 0 fully saturated rings. The minimum atomic E-state index is -0.301. The first-order valence-electron chi connectivity index (χ1n) is 4.95. The molecule has 2 rings (SSSR count). The molecule has 0 aliphatic rings. The van der Waals surface area contributed by atoms with E-state index in [9.17, 15) is 4.39 Å². The zero-order valence-electron chi connectivity index (χ0n) is 9.04. The smallest absolute Gasteiger partial charge is 0.147 e. The van der Waals surface area contributed by atoms with Crippen molar-refractivity contribution in [2.75, 3.05) is 0 Å². The quantitative estimate of drug-likeness (QED) is 0.719. The van der Waals surface area contributed by atoms with Gasteiger partial charge in [0.2, 0.25) is 0 Å². The third-order valence-electron chi connectivity index (χ3n) is 2.42. The number of hydrogen-bond acceptors (Lipinski definition) is 2. The topological polar surface area (TPSA) is 36.7 Å². The van der Waals surface area contributed by atoms with Gasteiger partial charge >= 0.3 is 0 Å². The standard InChI is InChI=1S/C13H8ClFN2/c1-8-6-12(17-13(14)11(8)7-16)9-2-4-10(15)5-3-9/h2-6H,1H3. The fraction of sp³-hybridized carbons (Fsp3) is 0.0769. The van der Waals surface area contributed by atoms with E-state index < -0.39 is 0 Å².